The second kappa shape index (κ2) is 9.55. The Labute approximate surface area is 163 Å². The Balaban J connectivity index is 2.36. The first-order valence-electron chi connectivity index (χ1n) is 8.96. The van der Waals surface area contributed by atoms with Gasteiger partial charge >= 0.3 is 11.9 Å². The fourth-order valence-electron chi connectivity index (χ4n) is 2.68. The predicted molar refractivity (Wildman–Crippen MR) is 107 cm³/mol. The van der Waals surface area contributed by atoms with Gasteiger partial charge in [0, 0.05) is 19.2 Å². The number of hydrogen-bond acceptors (Lipinski definition) is 5. The van der Waals surface area contributed by atoms with E-state index in [1.54, 1.807) is 42.3 Å². The van der Waals surface area contributed by atoms with Gasteiger partial charge < -0.3 is 20.1 Å². The Hall–Kier alpha value is -3.35. The number of ether oxygens (including phenoxy) is 1. The lowest BCUT2D eigenvalue weighted by molar-refractivity contribution is -0.116. The highest BCUT2D eigenvalue weighted by atomic mass is 16.5. The van der Waals surface area contributed by atoms with E-state index in [2.05, 4.69) is 5.32 Å². The number of carbonyl (C=O) groups excluding carboxylic acids is 2. The van der Waals surface area contributed by atoms with Crippen LogP contribution in [0.15, 0.2) is 42.5 Å². The van der Waals surface area contributed by atoms with Gasteiger partial charge in [0.15, 0.2) is 0 Å². The third kappa shape index (κ3) is 5.09. The van der Waals surface area contributed by atoms with Crippen LogP contribution in [0.2, 0.25) is 0 Å². The monoisotopic (exact) mass is 384 g/mol. The Morgan fingerprint density at radius 3 is 2.29 bits per heavy atom. The number of carbonyl (C=O) groups is 3. The molecule has 2 aromatic carbocycles. The Morgan fingerprint density at radius 2 is 1.71 bits per heavy atom. The van der Waals surface area contributed by atoms with Crippen LogP contribution in [0.4, 0.5) is 17.1 Å². The molecule has 0 bridgehead atoms. The molecule has 0 aliphatic heterocycles. The molecule has 0 radical (unpaired) electrons. The zero-order valence-corrected chi connectivity index (χ0v) is 16.2. The topological polar surface area (TPSA) is 95.9 Å². The molecular formula is C21H24N2O5. The molecule has 2 rings (SSSR count). The number of aromatic carboxylic acids is 1. The van der Waals surface area contributed by atoms with E-state index >= 15 is 0 Å². The van der Waals surface area contributed by atoms with E-state index in [0.29, 0.717) is 23.4 Å². The maximum absolute atomic E-state index is 12.2. The van der Waals surface area contributed by atoms with Crippen LogP contribution in [-0.4, -0.2) is 37.1 Å². The highest BCUT2D eigenvalue weighted by Crippen LogP contribution is 2.32. The molecular weight excluding hydrogens is 360 g/mol. The molecule has 0 fully saturated rings. The van der Waals surface area contributed by atoms with E-state index < -0.39 is 11.9 Å². The first-order chi connectivity index (χ1) is 13.4. The third-order valence-corrected chi connectivity index (χ3v) is 4.31. The molecule has 1 amide bonds. The highest BCUT2D eigenvalue weighted by Gasteiger charge is 2.16. The molecule has 0 aliphatic carbocycles. The molecule has 7 heteroatoms. The highest BCUT2D eigenvalue weighted by molar-refractivity contribution is 5.98. The summed E-state index contributed by atoms with van der Waals surface area (Å²) in [6.45, 7) is 2.01. The Kier molecular flexibility index (Phi) is 7.14. The normalized spacial score (nSPS) is 10.2. The van der Waals surface area contributed by atoms with E-state index in [1.165, 1.54) is 19.2 Å². The van der Waals surface area contributed by atoms with Gasteiger partial charge in [-0.15, -0.1) is 0 Å². The van der Waals surface area contributed by atoms with Crippen molar-refractivity contribution in [1.29, 1.82) is 0 Å². The molecule has 0 unspecified atom stereocenters. The number of anilines is 3. The first-order valence-corrected chi connectivity index (χ1v) is 8.96. The number of hydrogen-bond donors (Lipinski definition) is 2. The molecule has 0 aliphatic rings. The number of nitrogens with zero attached hydrogens (tertiary/aromatic N) is 1. The van der Waals surface area contributed by atoms with Crippen molar-refractivity contribution in [2.45, 2.75) is 26.2 Å². The Morgan fingerprint density at radius 1 is 1.07 bits per heavy atom. The van der Waals surface area contributed by atoms with Gasteiger partial charge in [-0.1, -0.05) is 13.3 Å². The molecule has 28 heavy (non-hydrogen) atoms. The lowest BCUT2D eigenvalue weighted by Gasteiger charge is -2.23. The van der Waals surface area contributed by atoms with Crippen LogP contribution in [0.5, 0.6) is 0 Å². The van der Waals surface area contributed by atoms with E-state index in [4.69, 9.17) is 4.74 Å². The van der Waals surface area contributed by atoms with Gasteiger partial charge in [-0.2, -0.15) is 0 Å². The number of nitrogens with one attached hydrogen (secondary N) is 1. The molecule has 7 nitrogen and oxygen atoms in total. The Bertz CT molecular complexity index is 862. The van der Waals surface area contributed by atoms with Crippen LogP contribution in [0.1, 0.15) is 46.9 Å². The number of carboxylic acids is 1. The van der Waals surface area contributed by atoms with Gasteiger partial charge in [0.25, 0.3) is 0 Å². The average Bonchev–Trinajstić information content (AvgIpc) is 2.71. The summed E-state index contributed by atoms with van der Waals surface area (Å²) < 4.78 is 4.69. The van der Waals surface area contributed by atoms with Gasteiger partial charge in [0.05, 0.1) is 29.6 Å². The van der Waals surface area contributed by atoms with E-state index in [0.717, 1.165) is 18.5 Å². The second-order valence-electron chi connectivity index (χ2n) is 6.29. The minimum Gasteiger partial charge on any atom is -0.478 e. The average molecular weight is 384 g/mol. The predicted octanol–water partition coefficient (Wildman–Crippen LogP) is 4.07. The minimum atomic E-state index is -1.06. The van der Waals surface area contributed by atoms with Crippen molar-refractivity contribution < 1.29 is 24.2 Å². The van der Waals surface area contributed by atoms with E-state index in [9.17, 15) is 19.5 Å². The van der Waals surface area contributed by atoms with Crippen molar-refractivity contribution in [1.82, 2.24) is 0 Å². The van der Waals surface area contributed by atoms with Crippen molar-refractivity contribution >= 4 is 34.9 Å². The number of unbranched alkanes of at least 4 members (excludes halogenated alkanes) is 1. The number of amides is 1. The lowest BCUT2D eigenvalue weighted by atomic mass is 10.1. The summed E-state index contributed by atoms with van der Waals surface area (Å²) in [5, 5.41) is 12.2. The van der Waals surface area contributed by atoms with Crippen molar-refractivity contribution in [3.8, 4) is 0 Å². The van der Waals surface area contributed by atoms with Gasteiger partial charge in [-0.25, -0.2) is 9.59 Å². The summed E-state index contributed by atoms with van der Waals surface area (Å²) in [6, 6.07) is 11.2. The van der Waals surface area contributed by atoms with Gasteiger partial charge in [0.2, 0.25) is 5.91 Å². The van der Waals surface area contributed by atoms with Crippen LogP contribution in [-0.2, 0) is 9.53 Å². The quantitative estimate of drug-likeness (QED) is 0.666. The molecule has 148 valence electrons. The summed E-state index contributed by atoms with van der Waals surface area (Å²) in [5.74, 6) is -1.62. The summed E-state index contributed by atoms with van der Waals surface area (Å²) in [4.78, 5) is 36.9. The number of esters is 1. The standard InChI is InChI=1S/C21H24N2O5/c1-4-5-6-19(24)22-17-12-9-15(20(25)26)13-18(17)23(2)16-10-7-14(8-11-16)21(27)28-3/h7-13H,4-6H2,1-3H3,(H,22,24)(H,25,26). The van der Waals surface area contributed by atoms with Gasteiger partial charge in [-0.3, -0.25) is 4.79 Å². The molecule has 0 spiro atoms. The van der Waals surface area contributed by atoms with Crippen molar-refractivity contribution in [2.75, 3.05) is 24.4 Å². The van der Waals surface area contributed by atoms with Crippen molar-refractivity contribution in [3.63, 3.8) is 0 Å². The summed E-state index contributed by atoms with van der Waals surface area (Å²) in [6.07, 6.45) is 2.08. The van der Waals surface area contributed by atoms with E-state index in [1.807, 2.05) is 6.92 Å². The molecule has 2 N–H and O–H groups in total. The van der Waals surface area contributed by atoms with E-state index in [-0.39, 0.29) is 11.5 Å². The molecule has 0 aromatic heterocycles. The fourth-order valence-corrected chi connectivity index (χ4v) is 2.68. The molecule has 0 saturated carbocycles. The zero-order valence-electron chi connectivity index (χ0n) is 16.2. The third-order valence-electron chi connectivity index (χ3n) is 4.31. The van der Waals surface area contributed by atoms with Crippen molar-refractivity contribution in [3.05, 3.63) is 53.6 Å². The summed E-state index contributed by atoms with van der Waals surface area (Å²) in [5.41, 5.74) is 2.30. The van der Waals surface area contributed by atoms with Crippen LogP contribution in [0.25, 0.3) is 0 Å². The maximum atomic E-state index is 12.2. The SMILES string of the molecule is CCCCC(=O)Nc1ccc(C(=O)O)cc1N(C)c1ccc(C(=O)OC)cc1. The van der Waals surface area contributed by atoms with Crippen molar-refractivity contribution in [2.24, 2.45) is 0 Å². The number of carboxylic acid groups (broad SMARTS) is 1. The molecule has 0 atom stereocenters. The van der Waals surface area contributed by atoms with Crippen LogP contribution in [0.3, 0.4) is 0 Å². The summed E-state index contributed by atoms with van der Waals surface area (Å²) in [7, 11) is 3.07. The molecule has 0 heterocycles. The maximum Gasteiger partial charge on any atom is 0.337 e. The largest absolute Gasteiger partial charge is 0.478 e. The smallest absolute Gasteiger partial charge is 0.337 e. The lowest BCUT2D eigenvalue weighted by Crippen LogP contribution is -2.17. The first kappa shape index (κ1) is 21.0. The zero-order chi connectivity index (χ0) is 20.7. The van der Waals surface area contributed by atoms with Crippen LogP contribution < -0.4 is 10.2 Å². The molecule has 0 saturated heterocycles. The van der Waals surface area contributed by atoms with Crippen LogP contribution >= 0.6 is 0 Å². The fraction of sp³-hybridized carbons (Fsp3) is 0.286. The number of benzene rings is 2. The number of methoxy groups -OCH3 is 1. The molecule has 2 aromatic rings. The summed E-state index contributed by atoms with van der Waals surface area (Å²) >= 11 is 0. The number of rotatable bonds is 8. The minimum absolute atomic E-state index is 0.111. The van der Waals surface area contributed by atoms with Gasteiger partial charge in [-0.05, 0) is 48.9 Å². The second-order valence-corrected chi connectivity index (χ2v) is 6.29. The van der Waals surface area contributed by atoms with Gasteiger partial charge in [0.1, 0.15) is 0 Å². The van der Waals surface area contributed by atoms with Crippen LogP contribution in [0, 0.1) is 0 Å².